The molecule has 0 N–H and O–H groups in total. The standard InChI is InChI=1S/C25H24Si/c1-18(26)24-22(19-11-5-2-6-12-19)17-23(20-13-7-3-8-14-20)25(24)21-15-9-4-10-16-21/h2-16,18H,17H2,1,26H3. The molecular formula is C25H24Si. The van der Waals surface area contributed by atoms with E-state index < -0.39 is 0 Å². The Kier molecular flexibility index (Phi) is 4.72. The van der Waals surface area contributed by atoms with E-state index in [1.165, 1.54) is 33.4 Å². The normalized spacial score (nSPS) is 15.6. The van der Waals surface area contributed by atoms with E-state index in [2.05, 4.69) is 97.9 Å². The van der Waals surface area contributed by atoms with Gasteiger partial charge in [-0.1, -0.05) is 97.9 Å². The summed E-state index contributed by atoms with van der Waals surface area (Å²) in [5.74, 6) is 0. The summed E-state index contributed by atoms with van der Waals surface area (Å²) in [5, 5.41) is 0. The summed E-state index contributed by atoms with van der Waals surface area (Å²) < 4.78 is 0. The van der Waals surface area contributed by atoms with Crippen molar-refractivity contribution in [3.8, 4) is 0 Å². The Hall–Kier alpha value is -2.64. The van der Waals surface area contributed by atoms with Crippen LogP contribution in [0.1, 0.15) is 30.0 Å². The first-order valence-electron chi connectivity index (χ1n) is 9.38. The molecule has 4 rings (SSSR count). The summed E-state index contributed by atoms with van der Waals surface area (Å²) >= 11 is 0. The topological polar surface area (TPSA) is 0 Å². The molecule has 1 atom stereocenters. The van der Waals surface area contributed by atoms with E-state index in [0.717, 1.165) is 16.7 Å². The summed E-state index contributed by atoms with van der Waals surface area (Å²) in [6, 6.07) is 32.8. The molecule has 3 aromatic carbocycles. The van der Waals surface area contributed by atoms with Crippen LogP contribution < -0.4 is 0 Å². The van der Waals surface area contributed by atoms with Gasteiger partial charge in [0.05, 0.1) is 0 Å². The number of hydrogen-bond donors (Lipinski definition) is 0. The highest BCUT2D eigenvalue weighted by Gasteiger charge is 2.28. The van der Waals surface area contributed by atoms with Gasteiger partial charge in [-0.3, -0.25) is 0 Å². The Morgan fingerprint density at radius 3 is 1.50 bits per heavy atom. The molecule has 1 heteroatoms. The van der Waals surface area contributed by atoms with Gasteiger partial charge in [0.25, 0.3) is 0 Å². The van der Waals surface area contributed by atoms with Crippen molar-refractivity contribution < 1.29 is 0 Å². The minimum Gasteiger partial charge on any atom is -0.0622 e. The fourth-order valence-corrected chi connectivity index (χ4v) is 4.67. The molecule has 0 saturated heterocycles. The lowest BCUT2D eigenvalue weighted by molar-refractivity contribution is 1.15. The monoisotopic (exact) mass is 352 g/mol. The molecule has 0 nitrogen and oxygen atoms in total. The van der Waals surface area contributed by atoms with Crippen molar-refractivity contribution in [2.45, 2.75) is 18.9 Å². The van der Waals surface area contributed by atoms with E-state index in [1.54, 1.807) is 5.57 Å². The zero-order valence-electron chi connectivity index (χ0n) is 15.4. The van der Waals surface area contributed by atoms with E-state index >= 15 is 0 Å². The van der Waals surface area contributed by atoms with E-state index in [9.17, 15) is 0 Å². The number of benzene rings is 3. The second-order valence-corrected chi connectivity index (χ2v) is 8.91. The highest BCUT2D eigenvalue weighted by Crippen LogP contribution is 2.50. The van der Waals surface area contributed by atoms with Crippen LogP contribution in [0.2, 0.25) is 5.54 Å². The highest BCUT2D eigenvalue weighted by molar-refractivity contribution is 6.21. The molecule has 0 aliphatic heterocycles. The van der Waals surface area contributed by atoms with Gasteiger partial charge < -0.3 is 0 Å². The summed E-state index contributed by atoms with van der Waals surface area (Å²) in [6.07, 6.45) is 1.01. The van der Waals surface area contributed by atoms with Crippen LogP contribution in [0.5, 0.6) is 0 Å². The third-order valence-electron chi connectivity index (χ3n) is 5.13. The predicted octanol–water partition coefficient (Wildman–Crippen LogP) is 5.63. The van der Waals surface area contributed by atoms with Gasteiger partial charge in [0.1, 0.15) is 0 Å². The largest absolute Gasteiger partial charge is 0.0622 e. The first kappa shape index (κ1) is 16.8. The van der Waals surface area contributed by atoms with Crippen molar-refractivity contribution in [3.05, 3.63) is 113 Å². The average Bonchev–Trinajstić information content (AvgIpc) is 3.11. The van der Waals surface area contributed by atoms with Gasteiger partial charge in [-0.05, 0) is 50.9 Å². The molecule has 0 amide bonds. The molecule has 0 aromatic heterocycles. The second kappa shape index (κ2) is 7.31. The quantitative estimate of drug-likeness (QED) is 0.534. The first-order valence-corrected chi connectivity index (χ1v) is 10.5. The van der Waals surface area contributed by atoms with Gasteiger partial charge in [-0.25, -0.2) is 0 Å². The number of rotatable bonds is 4. The molecule has 1 unspecified atom stereocenters. The van der Waals surface area contributed by atoms with Crippen LogP contribution in [0.25, 0.3) is 16.7 Å². The smallest absolute Gasteiger partial charge is 0.0120 e. The Morgan fingerprint density at radius 2 is 1.04 bits per heavy atom. The van der Waals surface area contributed by atoms with Crippen LogP contribution in [0.4, 0.5) is 0 Å². The van der Waals surface area contributed by atoms with Crippen LogP contribution in [-0.4, -0.2) is 10.2 Å². The molecule has 1 aliphatic carbocycles. The lowest BCUT2D eigenvalue weighted by Crippen LogP contribution is -1.97. The Labute approximate surface area is 159 Å². The highest BCUT2D eigenvalue weighted by atomic mass is 28.1. The van der Waals surface area contributed by atoms with Gasteiger partial charge in [0.15, 0.2) is 0 Å². The lowest BCUT2D eigenvalue weighted by Gasteiger charge is -2.17. The van der Waals surface area contributed by atoms with Gasteiger partial charge in [0, 0.05) is 10.2 Å². The SMILES string of the molecule is CC([SiH3])C1=C(c2ccccc2)CC(c2ccccc2)=C1c1ccccc1. The van der Waals surface area contributed by atoms with Gasteiger partial charge in [0.2, 0.25) is 0 Å². The predicted molar refractivity (Wildman–Crippen MR) is 117 cm³/mol. The van der Waals surface area contributed by atoms with Crippen molar-refractivity contribution in [2.24, 2.45) is 0 Å². The maximum absolute atomic E-state index is 2.38. The molecule has 0 bridgehead atoms. The van der Waals surface area contributed by atoms with Crippen LogP contribution >= 0.6 is 0 Å². The second-order valence-electron chi connectivity index (χ2n) is 7.18. The van der Waals surface area contributed by atoms with Crippen LogP contribution in [0, 0.1) is 0 Å². The third kappa shape index (κ3) is 3.11. The molecule has 0 fully saturated rings. The van der Waals surface area contributed by atoms with Crippen molar-refractivity contribution in [2.75, 3.05) is 0 Å². The van der Waals surface area contributed by atoms with E-state index in [-0.39, 0.29) is 0 Å². The maximum atomic E-state index is 2.38. The number of hydrogen-bond acceptors (Lipinski definition) is 0. The van der Waals surface area contributed by atoms with Gasteiger partial charge in [-0.15, -0.1) is 0 Å². The molecule has 0 saturated carbocycles. The van der Waals surface area contributed by atoms with Crippen LogP contribution in [-0.2, 0) is 0 Å². The maximum Gasteiger partial charge on any atom is 0.0120 e. The zero-order valence-corrected chi connectivity index (χ0v) is 17.4. The molecule has 0 heterocycles. The fourth-order valence-electron chi connectivity index (χ4n) is 4.03. The Morgan fingerprint density at radius 1 is 0.615 bits per heavy atom. The van der Waals surface area contributed by atoms with Crippen molar-refractivity contribution in [1.82, 2.24) is 0 Å². The molecule has 1 aliphatic rings. The Bertz CT molecular complexity index is 949. The lowest BCUT2D eigenvalue weighted by atomic mass is 9.92. The van der Waals surface area contributed by atoms with E-state index in [4.69, 9.17) is 0 Å². The summed E-state index contributed by atoms with van der Waals surface area (Å²) in [4.78, 5) is 0. The molecule has 0 radical (unpaired) electrons. The van der Waals surface area contributed by atoms with Crippen molar-refractivity contribution in [1.29, 1.82) is 0 Å². The third-order valence-corrected chi connectivity index (χ3v) is 5.71. The van der Waals surface area contributed by atoms with E-state index in [1.807, 2.05) is 0 Å². The van der Waals surface area contributed by atoms with Crippen LogP contribution in [0.15, 0.2) is 96.6 Å². The van der Waals surface area contributed by atoms with Crippen molar-refractivity contribution >= 4 is 27.0 Å². The average molecular weight is 353 g/mol. The molecule has 128 valence electrons. The van der Waals surface area contributed by atoms with Gasteiger partial charge >= 0.3 is 0 Å². The summed E-state index contributed by atoms with van der Waals surface area (Å²) in [6.45, 7) is 2.38. The molecule has 0 spiro atoms. The van der Waals surface area contributed by atoms with Gasteiger partial charge in [-0.2, -0.15) is 0 Å². The minimum atomic E-state index is 0.613. The van der Waals surface area contributed by atoms with E-state index in [0.29, 0.717) is 5.54 Å². The molecule has 3 aromatic rings. The van der Waals surface area contributed by atoms with Crippen molar-refractivity contribution in [3.63, 3.8) is 0 Å². The van der Waals surface area contributed by atoms with Crippen LogP contribution in [0.3, 0.4) is 0 Å². The zero-order chi connectivity index (χ0) is 17.9. The summed E-state index contributed by atoms with van der Waals surface area (Å²) in [5.41, 5.74) is 10.6. The molecular weight excluding hydrogens is 328 g/mol. The molecule has 26 heavy (non-hydrogen) atoms. The Balaban J connectivity index is 1.96. The number of allylic oxidation sites excluding steroid dienone is 4. The summed E-state index contributed by atoms with van der Waals surface area (Å²) in [7, 11) is 1.15. The first-order chi connectivity index (χ1) is 12.8. The minimum absolute atomic E-state index is 0.613. The fraction of sp³-hybridized carbons (Fsp3) is 0.120.